The zero-order chi connectivity index (χ0) is 10.5. The van der Waals surface area contributed by atoms with E-state index in [1.54, 1.807) is 0 Å². The molecule has 0 unspecified atom stereocenters. The quantitative estimate of drug-likeness (QED) is 0.365. The van der Waals surface area contributed by atoms with Gasteiger partial charge >= 0.3 is 0 Å². The Bertz CT molecular complexity index is 361. The summed E-state index contributed by atoms with van der Waals surface area (Å²) in [7, 11) is 0. The van der Waals surface area contributed by atoms with Gasteiger partial charge in [-0.15, -0.1) is 0 Å². The van der Waals surface area contributed by atoms with E-state index in [0.29, 0.717) is 0 Å². The third kappa shape index (κ3) is 1.76. The van der Waals surface area contributed by atoms with Crippen LogP contribution in [0.4, 0.5) is 0 Å². The second-order valence-electron chi connectivity index (χ2n) is 3.73. The van der Waals surface area contributed by atoms with Gasteiger partial charge in [-0.05, 0) is 93.6 Å². The van der Waals surface area contributed by atoms with Crippen molar-refractivity contribution >= 4 is 63.7 Å². The van der Waals surface area contributed by atoms with Crippen LogP contribution >= 0.6 is 63.7 Å². The highest BCUT2D eigenvalue weighted by Gasteiger charge is 2.26. The van der Waals surface area contributed by atoms with Crippen LogP contribution in [0.5, 0.6) is 0 Å². The molecule has 0 heterocycles. The molecule has 0 saturated carbocycles. The predicted molar refractivity (Wildman–Crippen MR) is 73.8 cm³/mol. The van der Waals surface area contributed by atoms with Crippen molar-refractivity contribution in [1.29, 1.82) is 0 Å². The molecule has 0 amide bonds. The molecule has 1 aliphatic carbocycles. The van der Waals surface area contributed by atoms with Crippen molar-refractivity contribution in [1.82, 2.24) is 0 Å². The van der Waals surface area contributed by atoms with Crippen molar-refractivity contribution in [2.45, 2.75) is 19.8 Å². The Hall–Kier alpha value is 1.14. The molecular formula is C10H8Br4. The summed E-state index contributed by atoms with van der Waals surface area (Å²) in [6.45, 7) is 2.29. The number of rotatable bonds is 0. The van der Waals surface area contributed by atoms with Gasteiger partial charge in [0.05, 0.1) is 0 Å². The lowest BCUT2D eigenvalue weighted by Crippen LogP contribution is -1.89. The maximum absolute atomic E-state index is 3.65. The van der Waals surface area contributed by atoms with E-state index in [1.165, 1.54) is 32.9 Å². The minimum absolute atomic E-state index is 0.749. The average Bonchev–Trinajstić information content (AvgIpc) is 2.54. The second-order valence-corrected chi connectivity index (χ2v) is 6.90. The predicted octanol–water partition coefficient (Wildman–Crippen LogP) is 5.47. The summed E-state index contributed by atoms with van der Waals surface area (Å²) in [5.41, 5.74) is 2.89. The maximum atomic E-state index is 3.65. The van der Waals surface area contributed by atoms with Crippen LogP contribution in [0.2, 0.25) is 0 Å². The number of hydrogen-bond donors (Lipinski definition) is 0. The number of fused-ring (bicyclic) bond motifs is 1. The lowest BCUT2D eigenvalue weighted by atomic mass is 10.1. The molecule has 14 heavy (non-hydrogen) atoms. The van der Waals surface area contributed by atoms with Crippen LogP contribution in [0.25, 0.3) is 0 Å². The molecule has 0 radical (unpaired) electrons. The Balaban J connectivity index is 2.70. The normalized spacial score (nSPS) is 16.1. The molecule has 1 aliphatic rings. The smallest absolute Gasteiger partial charge is 0.0474 e. The molecule has 0 N–H and O–H groups in total. The fourth-order valence-electron chi connectivity index (χ4n) is 1.92. The van der Waals surface area contributed by atoms with Gasteiger partial charge in [-0.1, -0.05) is 6.92 Å². The van der Waals surface area contributed by atoms with Gasteiger partial charge in [-0.25, -0.2) is 0 Å². The highest BCUT2D eigenvalue weighted by molar-refractivity contribution is 9.15. The standard InChI is InChI=1S/C10H8Br4/c1-4-2-5-6(3-4)8(12)10(14)9(13)7(5)11/h4H,2-3H2,1H3. The van der Waals surface area contributed by atoms with Gasteiger partial charge in [0.1, 0.15) is 0 Å². The molecule has 2 rings (SSSR count). The Morgan fingerprint density at radius 3 is 1.50 bits per heavy atom. The number of halogens is 4. The molecule has 0 nitrogen and oxygen atoms in total. The zero-order valence-corrected chi connectivity index (χ0v) is 13.8. The molecule has 0 atom stereocenters. The average molecular weight is 448 g/mol. The summed E-state index contributed by atoms with van der Waals surface area (Å²) in [6, 6.07) is 0. The van der Waals surface area contributed by atoms with E-state index < -0.39 is 0 Å². The fraction of sp³-hybridized carbons (Fsp3) is 0.400. The first-order valence-electron chi connectivity index (χ1n) is 4.36. The van der Waals surface area contributed by atoms with Gasteiger partial charge in [0.15, 0.2) is 0 Å². The minimum atomic E-state index is 0.749. The van der Waals surface area contributed by atoms with Crippen LogP contribution in [-0.2, 0) is 12.8 Å². The van der Waals surface area contributed by atoms with E-state index in [0.717, 1.165) is 14.9 Å². The molecule has 0 aromatic heterocycles. The molecule has 0 spiro atoms. The Morgan fingerprint density at radius 1 is 0.786 bits per heavy atom. The second kappa shape index (κ2) is 4.19. The Kier molecular flexibility index (Phi) is 3.48. The molecule has 0 saturated heterocycles. The summed E-state index contributed by atoms with van der Waals surface area (Å²) in [6.07, 6.45) is 2.33. The molecular weight excluding hydrogens is 440 g/mol. The minimum Gasteiger partial charge on any atom is -0.0619 e. The summed E-state index contributed by atoms with van der Waals surface area (Å²) in [5, 5.41) is 0. The topological polar surface area (TPSA) is 0 Å². The molecule has 4 heteroatoms. The van der Waals surface area contributed by atoms with E-state index in [-0.39, 0.29) is 0 Å². The van der Waals surface area contributed by atoms with Crippen LogP contribution in [0.15, 0.2) is 17.9 Å². The van der Waals surface area contributed by atoms with Crippen LogP contribution < -0.4 is 0 Å². The van der Waals surface area contributed by atoms with E-state index >= 15 is 0 Å². The van der Waals surface area contributed by atoms with Gasteiger partial charge in [0.2, 0.25) is 0 Å². The monoisotopic (exact) mass is 444 g/mol. The SMILES string of the molecule is CC1Cc2c(Br)c(Br)c(Br)c(Br)c2C1. The first-order chi connectivity index (χ1) is 6.52. The van der Waals surface area contributed by atoms with Gasteiger partial charge < -0.3 is 0 Å². The van der Waals surface area contributed by atoms with Crippen LogP contribution in [0.1, 0.15) is 18.1 Å². The zero-order valence-electron chi connectivity index (χ0n) is 7.50. The van der Waals surface area contributed by atoms with Crippen LogP contribution in [0, 0.1) is 5.92 Å². The van der Waals surface area contributed by atoms with Gasteiger partial charge in [-0.2, -0.15) is 0 Å². The van der Waals surface area contributed by atoms with Crippen LogP contribution in [0.3, 0.4) is 0 Å². The molecule has 1 aromatic rings. The van der Waals surface area contributed by atoms with E-state index in [9.17, 15) is 0 Å². The highest BCUT2D eigenvalue weighted by atomic mass is 79.9. The maximum Gasteiger partial charge on any atom is 0.0474 e. The van der Waals surface area contributed by atoms with E-state index in [4.69, 9.17) is 0 Å². The Labute approximate surface area is 117 Å². The van der Waals surface area contributed by atoms with Gasteiger partial charge in [0, 0.05) is 17.9 Å². The van der Waals surface area contributed by atoms with E-state index in [2.05, 4.69) is 70.6 Å². The first-order valence-corrected chi connectivity index (χ1v) is 7.53. The fourth-order valence-corrected chi connectivity index (χ4v) is 4.52. The third-order valence-electron chi connectivity index (χ3n) is 2.58. The Morgan fingerprint density at radius 2 is 1.14 bits per heavy atom. The molecule has 0 aliphatic heterocycles. The molecule has 0 fully saturated rings. The lowest BCUT2D eigenvalue weighted by molar-refractivity contribution is 0.626. The van der Waals surface area contributed by atoms with Crippen molar-refractivity contribution in [2.24, 2.45) is 5.92 Å². The van der Waals surface area contributed by atoms with Crippen molar-refractivity contribution in [2.75, 3.05) is 0 Å². The van der Waals surface area contributed by atoms with Crippen LogP contribution in [-0.4, -0.2) is 0 Å². The van der Waals surface area contributed by atoms with Gasteiger partial charge in [-0.3, -0.25) is 0 Å². The van der Waals surface area contributed by atoms with Crippen molar-refractivity contribution in [3.63, 3.8) is 0 Å². The van der Waals surface area contributed by atoms with Crippen molar-refractivity contribution in [3.8, 4) is 0 Å². The highest BCUT2D eigenvalue weighted by Crippen LogP contribution is 2.46. The number of benzene rings is 1. The molecule has 76 valence electrons. The van der Waals surface area contributed by atoms with Crippen molar-refractivity contribution < 1.29 is 0 Å². The first kappa shape index (κ1) is 11.6. The molecule has 1 aromatic carbocycles. The largest absolute Gasteiger partial charge is 0.0619 e. The summed E-state index contributed by atoms with van der Waals surface area (Å²) < 4.78 is 4.62. The summed E-state index contributed by atoms with van der Waals surface area (Å²) >= 11 is 14.5. The number of hydrogen-bond acceptors (Lipinski definition) is 0. The van der Waals surface area contributed by atoms with Gasteiger partial charge in [0.25, 0.3) is 0 Å². The van der Waals surface area contributed by atoms with Crippen molar-refractivity contribution in [3.05, 3.63) is 29.0 Å². The van der Waals surface area contributed by atoms with E-state index in [1.807, 2.05) is 0 Å². The summed E-state index contributed by atoms with van der Waals surface area (Å²) in [4.78, 5) is 0. The molecule has 0 bridgehead atoms. The third-order valence-corrected chi connectivity index (χ3v) is 7.51. The summed E-state index contributed by atoms with van der Waals surface area (Å²) in [5.74, 6) is 0.749. The lowest BCUT2D eigenvalue weighted by Gasteiger charge is -2.10.